The molecule has 4 heteroatoms. The van der Waals surface area contributed by atoms with Crippen molar-refractivity contribution in [3.63, 3.8) is 0 Å². The minimum absolute atomic E-state index is 0.643. The van der Waals surface area contributed by atoms with Gasteiger partial charge in [0.1, 0.15) is 0 Å². The lowest BCUT2D eigenvalue weighted by atomic mass is 9.96. The van der Waals surface area contributed by atoms with Crippen LogP contribution in [0.25, 0.3) is 0 Å². The van der Waals surface area contributed by atoms with Crippen molar-refractivity contribution in [3.05, 3.63) is 18.0 Å². The summed E-state index contributed by atoms with van der Waals surface area (Å²) in [5, 5.41) is 8.38. The Labute approximate surface area is 116 Å². The minimum Gasteiger partial charge on any atom is -0.307 e. The number of hydrogen-bond acceptors (Lipinski definition) is 3. The van der Waals surface area contributed by atoms with Crippen LogP contribution >= 0.6 is 0 Å². The van der Waals surface area contributed by atoms with Crippen LogP contribution in [0.2, 0.25) is 0 Å². The maximum atomic E-state index is 4.75. The topological polar surface area (TPSA) is 33.1 Å². The van der Waals surface area contributed by atoms with Crippen molar-refractivity contribution in [3.8, 4) is 0 Å². The van der Waals surface area contributed by atoms with E-state index >= 15 is 0 Å². The molecule has 1 atom stereocenters. The fraction of sp³-hybridized carbons (Fsp3) is 0.800. The molecule has 0 radical (unpaired) electrons. The van der Waals surface area contributed by atoms with E-state index < -0.39 is 0 Å². The Balaban J connectivity index is 1.50. The van der Waals surface area contributed by atoms with Gasteiger partial charge in [-0.1, -0.05) is 19.3 Å². The second kappa shape index (κ2) is 6.06. The van der Waals surface area contributed by atoms with E-state index in [1.165, 1.54) is 57.3 Å². The molecule has 1 aromatic heterocycles. The molecule has 19 heavy (non-hydrogen) atoms. The van der Waals surface area contributed by atoms with Crippen LogP contribution in [0.3, 0.4) is 0 Å². The number of nitrogens with one attached hydrogen (secondary N) is 1. The van der Waals surface area contributed by atoms with Crippen molar-refractivity contribution in [2.45, 2.75) is 57.2 Å². The van der Waals surface area contributed by atoms with Crippen molar-refractivity contribution < 1.29 is 0 Å². The van der Waals surface area contributed by atoms with Gasteiger partial charge in [0.2, 0.25) is 0 Å². The van der Waals surface area contributed by atoms with Gasteiger partial charge >= 0.3 is 0 Å². The molecule has 1 aromatic rings. The summed E-state index contributed by atoms with van der Waals surface area (Å²) < 4.78 is 2.21. The Morgan fingerprint density at radius 1 is 1.26 bits per heavy atom. The van der Waals surface area contributed by atoms with Gasteiger partial charge in [-0.15, -0.1) is 0 Å². The smallest absolute Gasteiger partial charge is 0.0762 e. The van der Waals surface area contributed by atoms with E-state index in [1.807, 2.05) is 0 Å². The standard InChI is InChI=1S/C15H26N4/c1-18-9-7-14(12-18)16-11-13-8-10-19(17-13)15-5-3-2-4-6-15/h8,10,14-16H,2-7,9,11-12H2,1H3. The van der Waals surface area contributed by atoms with Crippen molar-refractivity contribution in [2.24, 2.45) is 0 Å². The van der Waals surface area contributed by atoms with Crippen LogP contribution in [0, 0.1) is 0 Å². The summed E-state index contributed by atoms with van der Waals surface area (Å²) in [5.74, 6) is 0. The molecule has 2 aliphatic rings. The Hall–Kier alpha value is -0.870. The van der Waals surface area contributed by atoms with E-state index in [1.54, 1.807) is 0 Å². The molecule has 2 fully saturated rings. The van der Waals surface area contributed by atoms with Gasteiger partial charge in [-0.05, 0) is 38.9 Å². The highest BCUT2D eigenvalue weighted by Crippen LogP contribution is 2.27. The number of likely N-dealkylation sites (tertiary alicyclic amines) is 1. The lowest BCUT2D eigenvalue weighted by molar-refractivity contribution is 0.327. The van der Waals surface area contributed by atoms with Crippen LogP contribution in [0.5, 0.6) is 0 Å². The highest BCUT2D eigenvalue weighted by Gasteiger charge is 2.19. The second-order valence-electron chi connectivity index (χ2n) is 6.21. The zero-order chi connectivity index (χ0) is 13.1. The number of aromatic nitrogens is 2. The molecule has 1 aliphatic carbocycles. The third-order valence-electron chi connectivity index (χ3n) is 4.58. The highest BCUT2D eigenvalue weighted by atomic mass is 15.3. The van der Waals surface area contributed by atoms with Crippen LogP contribution in [-0.2, 0) is 6.54 Å². The average Bonchev–Trinajstić information content (AvgIpc) is 3.06. The summed E-state index contributed by atoms with van der Waals surface area (Å²) in [5.41, 5.74) is 1.19. The zero-order valence-electron chi connectivity index (χ0n) is 12.0. The highest BCUT2D eigenvalue weighted by molar-refractivity contribution is 5.00. The second-order valence-corrected chi connectivity index (χ2v) is 6.21. The fourth-order valence-electron chi connectivity index (χ4n) is 3.37. The molecule has 1 aliphatic heterocycles. The summed E-state index contributed by atoms with van der Waals surface area (Å²) in [6, 6.07) is 3.48. The summed E-state index contributed by atoms with van der Waals surface area (Å²) in [6.07, 6.45) is 10.2. The van der Waals surface area contributed by atoms with E-state index in [-0.39, 0.29) is 0 Å². The lowest BCUT2D eigenvalue weighted by Gasteiger charge is -2.21. The molecule has 1 saturated heterocycles. The molecular weight excluding hydrogens is 236 g/mol. The molecular formula is C15H26N4. The molecule has 4 nitrogen and oxygen atoms in total. The Bertz CT molecular complexity index is 395. The Kier molecular flexibility index (Phi) is 4.18. The number of hydrogen-bond donors (Lipinski definition) is 1. The largest absolute Gasteiger partial charge is 0.307 e. The van der Waals surface area contributed by atoms with Crippen LogP contribution in [0.1, 0.15) is 50.3 Å². The number of likely N-dealkylation sites (N-methyl/N-ethyl adjacent to an activating group) is 1. The van der Waals surface area contributed by atoms with Gasteiger partial charge in [0.25, 0.3) is 0 Å². The quantitative estimate of drug-likeness (QED) is 0.903. The SMILES string of the molecule is CN1CCC(NCc2ccn(C3CCCCC3)n2)C1. The van der Waals surface area contributed by atoms with Gasteiger partial charge in [0.15, 0.2) is 0 Å². The van der Waals surface area contributed by atoms with Crippen molar-refractivity contribution in [1.29, 1.82) is 0 Å². The first-order valence-corrected chi connectivity index (χ1v) is 7.77. The van der Waals surface area contributed by atoms with E-state index in [4.69, 9.17) is 5.10 Å². The molecule has 1 N–H and O–H groups in total. The van der Waals surface area contributed by atoms with Gasteiger partial charge in [-0.25, -0.2) is 0 Å². The van der Waals surface area contributed by atoms with Gasteiger partial charge in [0, 0.05) is 25.3 Å². The first-order valence-electron chi connectivity index (χ1n) is 7.77. The van der Waals surface area contributed by atoms with Gasteiger partial charge < -0.3 is 10.2 Å². The Morgan fingerprint density at radius 2 is 2.11 bits per heavy atom. The first kappa shape index (κ1) is 13.1. The molecule has 1 unspecified atom stereocenters. The van der Waals surface area contributed by atoms with Crippen molar-refractivity contribution in [2.75, 3.05) is 20.1 Å². The van der Waals surface area contributed by atoms with Gasteiger partial charge in [-0.2, -0.15) is 5.10 Å². The molecule has 106 valence electrons. The molecule has 2 heterocycles. The van der Waals surface area contributed by atoms with Crippen LogP contribution in [0.4, 0.5) is 0 Å². The van der Waals surface area contributed by atoms with Gasteiger partial charge in [-0.3, -0.25) is 4.68 Å². The van der Waals surface area contributed by atoms with Crippen molar-refractivity contribution >= 4 is 0 Å². The molecule has 1 saturated carbocycles. The fourth-order valence-corrected chi connectivity index (χ4v) is 3.37. The third kappa shape index (κ3) is 3.37. The zero-order valence-corrected chi connectivity index (χ0v) is 12.0. The molecule has 0 aromatic carbocycles. The summed E-state index contributed by atoms with van der Waals surface area (Å²) in [6.45, 7) is 3.30. The maximum absolute atomic E-state index is 4.75. The van der Waals surface area contributed by atoms with E-state index in [0.717, 1.165) is 6.54 Å². The van der Waals surface area contributed by atoms with Gasteiger partial charge in [0.05, 0.1) is 11.7 Å². The molecule has 0 amide bonds. The Morgan fingerprint density at radius 3 is 2.84 bits per heavy atom. The van der Waals surface area contributed by atoms with Crippen LogP contribution < -0.4 is 5.32 Å². The normalized spacial score (nSPS) is 26.1. The summed E-state index contributed by atoms with van der Waals surface area (Å²) in [4.78, 5) is 2.39. The summed E-state index contributed by atoms with van der Waals surface area (Å²) >= 11 is 0. The summed E-state index contributed by atoms with van der Waals surface area (Å²) in [7, 11) is 2.19. The van der Waals surface area contributed by atoms with Crippen LogP contribution in [0.15, 0.2) is 12.3 Å². The lowest BCUT2D eigenvalue weighted by Crippen LogP contribution is -2.31. The molecule has 0 spiro atoms. The predicted octanol–water partition coefficient (Wildman–Crippen LogP) is 2.18. The monoisotopic (exact) mass is 262 g/mol. The van der Waals surface area contributed by atoms with E-state index in [9.17, 15) is 0 Å². The van der Waals surface area contributed by atoms with Crippen molar-refractivity contribution in [1.82, 2.24) is 20.0 Å². The minimum atomic E-state index is 0.643. The predicted molar refractivity (Wildman–Crippen MR) is 77.1 cm³/mol. The number of rotatable bonds is 4. The van der Waals surface area contributed by atoms with E-state index in [0.29, 0.717) is 12.1 Å². The molecule has 3 rings (SSSR count). The molecule has 0 bridgehead atoms. The first-order chi connectivity index (χ1) is 9.31. The third-order valence-corrected chi connectivity index (χ3v) is 4.58. The maximum Gasteiger partial charge on any atom is 0.0762 e. The van der Waals surface area contributed by atoms with Crippen LogP contribution in [-0.4, -0.2) is 40.9 Å². The average molecular weight is 262 g/mol. The number of nitrogens with zero attached hydrogens (tertiary/aromatic N) is 3. The van der Waals surface area contributed by atoms with E-state index in [2.05, 4.69) is 34.2 Å².